The molecule has 1 aromatic carbocycles. The van der Waals surface area contributed by atoms with Crippen molar-refractivity contribution >= 4 is 44.2 Å². The number of hydrogen-bond acceptors (Lipinski definition) is 8. The summed E-state index contributed by atoms with van der Waals surface area (Å²) in [6.07, 6.45) is 6.46. The summed E-state index contributed by atoms with van der Waals surface area (Å²) in [5, 5.41) is 7.62. The molecule has 1 fully saturated rings. The van der Waals surface area contributed by atoms with Gasteiger partial charge in [-0.05, 0) is 43.3 Å². The van der Waals surface area contributed by atoms with Crippen LogP contribution in [0.15, 0.2) is 61.1 Å². The first kappa shape index (κ1) is 24.0. The summed E-state index contributed by atoms with van der Waals surface area (Å²) in [4.78, 5) is 15.9. The number of rotatable bonds is 7. The van der Waals surface area contributed by atoms with E-state index < -0.39 is 10.0 Å². The van der Waals surface area contributed by atoms with E-state index in [2.05, 4.69) is 44.6 Å². The highest BCUT2D eigenvalue weighted by Crippen LogP contribution is 2.25. The van der Waals surface area contributed by atoms with E-state index in [0.717, 1.165) is 41.9 Å². The molecule has 1 saturated heterocycles. The van der Waals surface area contributed by atoms with Gasteiger partial charge in [-0.15, -0.1) is 0 Å². The van der Waals surface area contributed by atoms with Gasteiger partial charge in [-0.1, -0.05) is 6.07 Å². The normalized spacial score (nSPS) is 16.3. The number of fused-ring (bicyclic) bond motifs is 1. The van der Waals surface area contributed by atoms with E-state index in [9.17, 15) is 8.42 Å². The second kappa shape index (κ2) is 9.75. The SMILES string of the molecule is C[C@@H]1CNCCN1c1ccc(Nc2ncc3ccn(Cc4cccnc4N(C)S(C)(=O)=O)c3n2)cc1. The molecule has 1 aliphatic rings. The summed E-state index contributed by atoms with van der Waals surface area (Å²) in [5.74, 6) is 0.888. The van der Waals surface area contributed by atoms with Crippen LogP contribution in [-0.4, -0.2) is 66.9 Å². The first-order valence-electron chi connectivity index (χ1n) is 11.8. The Kier molecular flexibility index (Phi) is 6.50. The number of hydrogen-bond donors (Lipinski definition) is 2. The maximum absolute atomic E-state index is 12.1. The number of anilines is 4. The highest BCUT2D eigenvalue weighted by atomic mass is 32.2. The third kappa shape index (κ3) is 4.98. The van der Waals surface area contributed by atoms with Gasteiger partial charge >= 0.3 is 0 Å². The van der Waals surface area contributed by atoms with Crippen molar-refractivity contribution in [2.75, 3.05) is 47.5 Å². The van der Waals surface area contributed by atoms with Crippen molar-refractivity contribution in [3.63, 3.8) is 0 Å². The minimum Gasteiger partial charge on any atom is -0.366 e. The zero-order valence-electron chi connectivity index (χ0n) is 20.6. The molecule has 11 heteroatoms. The summed E-state index contributed by atoms with van der Waals surface area (Å²) in [6.45, 7) is 5.61. The lowest BCUT2D eigenvalue weighted by atomic mass is 10.1. The van der Waals surface area contributed by atoms with E-state index in [1.54, 1.807) is 18.5 Å². The van der Waals surface area contributed by atoms with Gasteiger partial charge in [0.2, 0.25) is 16.0 Å². The molecular weight excluding hydrogens is 476 g/mol. The van der Waals surface area contributed by atoms with Crippen LogP contribution >= 0.6 is 0 Å². The molecule has 0 spiro atoms. The Morgan fingerprint density at radius 1 is 1.17 bits per heavy atom. The first-order valence-corrected chi connectivity index (χ1v) is 13.7. The van der Waals surface area contributed by atoms with Crippen LogP contribution in [0.4, 0.5) is 23.1 Å². The van der Waals surface area contributed by atoms with E-state index >= 15 is 0 Å². The van der Waals surface area contributed by atoms with Crippen LogP contribution in [-0.2, 0) is 16.6 Å². The minimum atomic E-state index is -3.43. The zero-order chi connectivity index (χ0) is 25.3. The predicted molar refractivity (Wildman–Crippen MR) is 144 cm³/mol. The molecule has 3 aromatic heterocycles. The molecule has 1 aliphatic heterocycles. The molecule has 4 heterocycles. The highest BCUT2D eigenvalue weighted by Gasteiger charge is 2.19. The number of pyridine rings is 1. The van der Waals surface area contributed by atoms with Gasteiger partial charge in [0.15, 0.2) is 0 Å². The average molecular weight is 507 g/mol. The number of nitrogens with zero attached hydrogens (tertiary/aromatic N) is 6. The fraction of sp³-hybridized carbons (Fsp3) is 0.320. The molecule has 0 amide bonds. The van der Waals surface area contributed by atoms with Crippen molar-refractivity contribution in [1.29, 1.82) is 0 Å². The van der Waals surface area contributed by atoms with E-state index in [1.165, 1.54) is 23.3 Å². The Morgan fingerprint density at radius 2 is 1.97 bits per heavy atom. The maximum Gasteiger partial charge on any atom is 0.233 e. The summed E-state index contributed by atoms with van der Waals surface area (Å²) >= 11 is 0. The number of benzene rings is 1. The number of piperazine rings is 1. The maximum atomic E-state index is 12.1. The molecule has 188 valence electrons. The largest absolute Gasteiger partial charge is 0.366 e. The minimum absolute atomic E-state index is 0.396. The summed E-state index contributed by atoms with van der Waals surface area (Å²) in [5.41, 5.74) is 3.62. The zero-order valence-corrected chi connectivity index (χ0v) is 21.4. The van der Waals surface area contributed by atoms with Crippen LogP contribution in [0.2, 0.25) is 0 Å². The average Bonchev–Trinajstić information content (AvgIpc) is 3.26. The van der Waals surface area contributed by atoms with E-state index in [-0.39, 0.29) is 0 Å². The van der Waals surface area contributed by atoms with Crippen molar-refractivity contribution in [3.05, 3.63) is 66.6 Å². The summed E-state index contributed by atoms with van der Waals surface area (Å²) < 4.78 is 27.3. The predicted octanol–water partition coefficient (Wildman–Crippen LogP) is 2.81. The molecule has 1 atom stereocenters. The molecule has 0 unspecified atom stereocenters. The summed E-state index contributed by atoms with van der Waals surface area (Å²) in [7, 11) is -1.93. The monoisotopic (exact) mass is 506 g/mol. The quantitative estimate of drug-likeness (QED) is 0.394. The third-order valence-corrected chi connectivity index (χ3v) is 7.63. The molecule has 2 N–H and O–H groups in total. The van der Waals surface area contributed by atoms with E-state index in [0.29, 0.717) is 24.4 Å². The van der Waals surface area contributed by atoms with Gasteiger partial charge in [0, 0.05) is 73.6 Å². The smallest absolute Gasteiger partial charge is 0.233 e. The Bertz CT molecular complexity index is 1470. The van der Waals surface area contributed by atoms with Crippen molar-refractivity contribution < 1.29 is 8.42 Å². The van der Waals surface area contributed by atoms with E-state index in [4.69, 9.17) is 4.98 Å². The van der Waals surface area contributed by atoms with Gasteiger partial charge in [-0.25, -0.2) is 18.4 Å². The fourth-order valence-electron chi connectivity index (χ4n) is 4.43. The molecular formula is C25H30N8O2S. The summed E-state index contributed by atoms with van der Waals surface area (Å²) in [6, 6.07) is 14.4. The van der Waals surface area contributed by atoms with Crippen molar-refractivity contribution in [2.24, 2.45) is 0 Å². The Hall–Kier alpha value is -3.70. The number of nitrogens with one attached hydrogen (secondary N) is 2. The van der Waals surface area contributed by atoms with Crippen molar-refractivity contribution in [2.45, 2.75) is 19.5 Å². The van der Waals surface area contributed by atoms with Gasteiger partial charge in [0.05, 0.1) is 12.8 Å². The van der Waals surface area contributed by atoms with Crippen LogP contribution in [0.5, 0.6) is 0 Å². The van der Waals surface area contributed by atoms with Gasteiger partial charge in [0.1, 0.15) is 11.5 Å². The Balaban J connectivity index is 1.37. The molecule has 36 heavy (non-hydrogen) atoms. The second-order valence-corrected chi connectivity index (χ2v) is 11.1. The van der Waals surface area contributed by atoms with Gasteiger partial charge in [0.25, 0.3) is 0 Å². The molecule has 4 aromatic rings. The van der Waals surface area contributed by atoms with Gasteiger partial charge < -0.3 is 20.1 Å². The topological polar surface area (TPSA) is 108 Å². The number of aromatic nitrogens is 4. The van der Waals surface area contributed by atoms with Crippen LogP contribution in [0.25, 0.3) is 11.0 Å². The Morgan fingerprint density at radius 3 is 2.72 bits per heavy atom. The van der Waals surface area contributed by atoms with E-state index in [1.807, 2.05) is 35.0 Å². The molecule has 10 nitrogen and oxygen atoms in total. The van der Waals surface area contributed by atoms with Crippen LogP contribution in [0, 0.1) is 0 Å². The molecule has 0 saturated carbocycles. The van der Waals surface area contributed by atoms with Gasteiger partial charge in [-0.3, -0.25) is 4.31 Å². The number of sulfonamides is 1. The first-order chi connectivity index (χ1) is 17.3. The lowest BCUT2D eigenvalue weighted by Gasteiger charge is -2.36. The Labute approximate surface area is 211 Å². The lowest BCUT2D eigenvalue weighted by Crippen LogP contribution is -2.49. The van der Waals surface area contributed by atoms with Crippen LogP contribution in [0.3, 0.4) is 0 Å². The molecule has 5 rings (SSSR count). The lowest BCUT2D eigenvalue weighted by molar-refractivity contribution is 0.501. The van der Waals surface area contributed by atoms with Crippen LogP contribution < -0.4 is 19.8 Å². The highest BCUT2D eigenvalue weighted by molar-refractivity contribution is 7.92. The van der Waals surface area contributed by atoms with Gasteiger partial charge in [-0.2, -0.15) is 4.98 Å². The fourth-order valence-corrected chi connectivity index (χ4v) is 4.90. The molecule has 0 bridgehead atoms. The molecule has 0 aliphatic carbocycles. The third-order valence-electron chi connectivity index (χ3n) is 6.46. The van der Waals surface area contributed by atoms with Crippen LogP contribution in [0.1, 0.15) is 12.5 Å². The second-order valence-electron chi connectivity index (χ2n) is 9.05. The molecule has 0 radical (unpaired) electrons. The van der Waals surface area contributed by atoms with Crippen molar-refractivity contribution in [3.8, 4) is 0 Å². The standard InChI is InChI=1S/C25H30N8O2S/c1-18-15-26-12-14-33(18)22-8-6-21(7-9-22)29-25-28-16-19-10-13-32(24(19)30-25)17-20-5-4-11-27-23(20)31(2)36(3,34)35/h4-11,13,16,18,26H,12,14-15,17H2,1-3H3,(H,28,29,30)/t18-/m1/s1. The van der Waals surface area contributed by atoms with Crippen molar-refractivity contribution in [1.82, 2.24) is 24.8 Å².